The second-order valence-electron chi connectivity index (χ2n) is 6.29. The lowest BCUT2D eigenvalue weighted by molar-refractivity contribution is -0.141. The zero-order valence-electron chi connectivity index (χ0n) is 13.3. The smallest absolute Gasteiger partial charge is 0.225 e. The molecule has 1 fully saturated rings. The number of halogens is 1. The molecule has 120 valence electrons. The van der Waals surface area contributed by atoms with E-state index >= 15 is 0 Å². The van der Waals surface area contributed by atoms with E-state index in [1.807, 2.05) is 13.8 Å². The minimum Gasteiger partial charge on any atom is -0.356 e. The molecule has 2 atom stereocenters. The van der Waals surface area contributed by atoms with E-state index in [-0.39, 0.29) is 23.5 Å². The minimum absolute atomic E-state index is 0.0119. The summed E-state index contributed by atoms with van der Waals surface area (Å²) in [5, 5.41) is 2.93. The Morgan fingerprint density at radius 3 is 2.82 bits per heavy atom. The number of rotatable bonds is 4. The lowest BCUT2D eigenvalue weighted by Gasteiger charge is -2.38. The van der Waals surface area contributed by atoms with Gasteiger partial charge in [0.2, 0.25) is 11.8 Å². The standard InChI is InChI=1S/C17H23FN2O2/c1-11(2)10-19-17(22)14-7-8-15(21)20(3)16(14)12-5-4-6-13(18)9-12/h4-6,9,11,14,16H,7-8,10H2,1-3H3,(H,19,22). The van der Waals surface area contributed by atoms with Crippen LogP contribution in [0.5, 0.6) is 0 Å². The molecule has 2 amide bonds. The van der Waals surface area contributed by atoms with Gasteiger partial charge in [-0.15, -0.1) is 0 Å². The second-order valence-corrected chi connectivity index (χ2v) is 6.29. The minimum atomic E-state index is -0.413. The first-order valence-corrected chi connectivity index (χ1v) is 7.69. The number of piperidine rings is 1. The number of amides is 2. The normalized spacial score (nSPS) is 22.0. The number of hydrogen-bond donors (Lipinski definition) is 1. The van der Waals surface area contributed by atoms with Gasteiger partial charge in [0.1, 0.15) is 5.82 Å². The molecule has 5 heteroatoms. The van der Waals surface area contributed by atoms with Crippen LogP contribution in [0.4, 0.5) is 4.39 Å². The first kappa shape index (κ1) is 16.5. The van der Waals surface area contributed by atoms with Gasteiger partial charge in [0, 0.05) is 20.0 Å². The van der Waals surface area contributed by atoms with Gasteiger partial charge in [-0.05, 0) is 30.0 Å². The fraction of sp³-hybridized carbons (Fsp3) is 0.529. The fourth-order valence-electron chi connectivity index (χ4n) is 2.90. The van der Waals surface area contributed by atoms with Crippen LogP contribution in [0.15, 0.2) is 24.3 Å². The van der Waals surface area contributed by atoms with Crippen LogP contribution in [0, 0.1) is 17.7 Å². The van der Waals surface area contributed by atoms with Crippen LogP contribution in [0.2, 0.25) is 0 Å². The number of nitrogens with zero attached hydrogens (tertiary/aromatic N) is 1. The van der Waals surface area contributed by atoms with Gasteiger partial charge < -0.3 is 10.2 Å². The molecule has 0 aliphatic carbocycles. The molecular formula is C17H23FN2O2. The average Bonchev–Trinajstić information content (AvgIpc) is 2.47. The first-order valence-electron chi connectivity index (χ1n) is 7.69. The highest BCUT2D eigenvalue weighted by atomic mass is 19.1. The predicted molar refractivity (Wildman–Crippen MR) is 82.5 cm³/mol. The Labute approximate surface area is 130 Å². The van der Waals surface area contributed by atoms with Crippen LogP contribution in [0.25, 0.3) is 0 Å². The number of nitrogens with one attached hydrogen (secondary N) is 1. The summed E-state index contributed by atoms with van der Waals surface area (Å²) >= 11 is 0. The Hall–Kier alpha value is -1.91. The Morgan fingerprint density at radius 1 is 1.45 bits per heavy atom. The van der Waals surface area contributed by atoms with E-state index in [4.69, 9.17) is 0 Å². The second kappa shape index (κ2) is 6.90. The molecule has 1 N–H and O–H groups in total. The van der Waals surface area contributed by atoms with Crippen LogP contribution >= 0.6 is 0 Å². The van der Waals surface area contributed by atoms with Crippen molar-refractivity contribution < 1.29 is 14.0 Å². The Kier molecular flexibility index (Phi) is 5.16. The zero-order valence-corrected chi connectivity index (χ0v) is 13.3. The summed E-state index contributed by atoms with van der Waals surface area (Å²) in [6, 6.07) is 5.74. The van der Waals surface area contributed by atoms with Gasteiger partial charge in [-0.3, -0.25) is 9.59 Å². The van der Waals surface area contributed by atoms with Crippen LogP contribution in [0.3, 0.4) is 0 Å². The third-order valence-electron chi connectivity index (χ3n) is 4.07. The molecule has 1 aliphatic rings. The molecule has 1 saturated heterocycles. The molecule has 1 heterocycles. The molecule has 0 aromatic heterocycles. The van der Waals surface area contributed by atoms with Crippen LogP contribution in [0.1, 0.15) is 38.3 Å². The molecule has 0 saturated carbocycles. The number of benzene rings is 1. The van der Waals surface area contributed by atoms with Crippen molar-refractivity contribution in [2.24, 2.45) is 11.8 Å². The molecule has 0 radical (unpaired) electrons. The van der Waals surface area contributed by atoms with Crippen molar-refractivity contribution in [1.29, 1.82) is 0 Å². The predicted octanol–water partition coefficient (Wildman–Crippen LogP) is 2.51. The molecular weight excluding hydrogens is 283 g/mol. The highest BCUT2D eigenvalue weighted by molar-refractivity contribution is 5.84. The molecule has 22 heavy (non-hydrogen) atoms. The summed E-state index contributed by atoms with van der Waals surface area (Å²) in [4.78, 5) is 26.0. The van der Waals surface area contributed by atoms with Crippen molar-refractivity contribution in [2.75, 3.05) is 13.6 Å². The van der Waals surface area contributed by atoms with Crippen molar-refractivity contribution in [1.82, 2.24) is 10.2 Å². The largest absolute Gasteiger partial charge is 0.356 e. The summed E-state index contributed by atoms with van der Waals surface area (Å²) in [6.45, 7) is 4.66. The van der Waals surface area contributed by atoms with E-state index in [0.29, 0.717) is 30.9 Å². The fourth-order valence-corrected chi connectivity index (χ4v) is 2.90. The van der Waals surface area contributed by atoms with Gasteiger partial charge in [0.15, 0.2) is 0 Å². The van der Waals surface area contributed by atoms with E-state index in [1.54, 1.807) is 24.1 Å². The number of hydrogen-bond acceptors (Lipinski definition) is 2. The van der Waals surface area contributed by atoms with Crippen LogP contribution in [-0.2, 0) is 9.59 Å². The summed E-state index contributed by atoms with van der Waals surface area (Å²) in [5.41, 5.74) is 0.667. The highest BCUT2D eigenvalue weighted by Crippen LogP contribution is 2.36. The van der Waals surface area contributed by atoms with E-state index < -0.39 is 6.04 Å². The first-order chi connectivity index (χ1) is 10.4. The molecule has 2 unspecified atom stereocenters. The van der Waals surface area contributed by atoms with Gasteiger partial charge in [0.05, 0.1) is 12.0 Å². The van der Waals surface area contributed by atoms with Crippen molar-refractivity contribution in [3.8, 4) is 0 Å². The van der Waals surface area contributed by atoms with Crippen LogP contribution in [-0.4, -0.2) is 30.3 Å². The van der Waals surface area contributed by atoms with Gasteiger partial charge >= 0.3 is 0 Å². The molecule has 0 spiro atoms. The SMILES string of the molecule is CC(C)CNC(=O)C1CCC(=O)N(C)C1c1cccc(F)c1. The van der Waals surface area contributed by atoms with E-state index in [2.05, 4.69) is 5.32 Å². The molecule has 1 aromatic rings. The van der Waals surface area contributed by atoms with E-state index in [1.165, 1.54) is 12.1 Å². The van der Waals surface area contributed by atoms with Gasteiger partial charge in [-0.1, -0.05) is 26.0 Å². The van der Waals surface area contributed by atoms with E-state index in [0.717, 1.165) is 0 Å². The summed E-state index contributed by atoms with van der Waals surface area (Å²) in [5.74, 6) is -0.419. The topological polar surface area (TPSA) is 49.4 Å². The summed E-state index contributed by atoms with van der Waals surface area (Å²) < 4.78 is 13.5. The lowest BCUT2D eigenvalue weighted by atomic mass is 9.84. The van der Waals surface area contributed by atoms with Crippen molar-refractivity contribution in [3.05, 3.63) is 35.6 Å². The number of carbonyl (C=O) groups is 2. The van der Waals surface area contributed by atoms with Gasteiger partial charge in [-0.25, -0.2) is 4.39 Å². The lowest BCUT2D eigenvalue weighted by Crippen LogP contribution is -2.46. The quantitative estimate of drug-likeness (QED) is 0.929. The average molecular weight is 306 g/mol. The van der Waals surface area contributed by atoms with Crippen LogP contribution < -0.4 is 5.32 Å². The molecule has 1 aliphatic heterocycles. The summed E-state index contributed by atoms with van der Waals surface area (Å²) in [6.07, 6.45) is 0.844. The third-order valence-corrected chi connectivity index (χ3v) is 4.07. The molecule has 4 nitrogen and oxygen atoms in total. The molecule has 0 bridgehead atoms. The molecule has 1 aromatic carbocycles. The maximum absolute atomic E-state index is 13.5. The maximum atomic E-state index is 13.5. The van der Waals surface area contributed by atoms with Crippen molar-refractivity contribution in [3.63, 3.8) is 0 Å². The third kappa shape index (κ3) is 3.64. The maximum Gasteiger partial charge on any atom is 0.225 e. The Morgan fingerprint density at radius 2 is 2.18 bits per heavy atom. The zero-order chi connectivity index (χ0) is 16.3. The highest BCUT2D eigenvalue weighted by Gasteiger charge is 2.38. The van der Waals surface area contributed by atoms with Crippen molar-refractivity contribution >= 4 is 11.8 Å². The van der Waals surface area contributed by atoms with E-state index in [9.17, 15) is 14.0 Å². The summed E-state index contributed by atoms with van der Waals surface area (Å²) in [7, 11) is 1.68. The number of carbonyl (C=O) groups excluding carboxylic acids is 2. The Balaban J connectivity index is 2.26. The monoisotopic (exact) mass is 306 g/mol. The van der Waals surface area contributed by atoms with Gasteiger partial charge in [-0.2, -0.15) is 0 Å². The van der Waals surface area contributed by atoms with Crippen molar-refractivity contribution in [2.45, 2.75) is 32.7 Å². The Bertz CT molecular complexity index is 559. The number of likely N-dealkylation sites (tertiary alicyclic amines) is 1. The van der Waals surface area contributed by atoms with Gasteiger partial charge in [0.25, 0.3) is 0 Å². The molecule has 2 rings (SSSR count).